The quantitative estimate of drug-likeness (QED) is 0.914. The topological polar surface area (TPSA) is 80.2 Å². The Kier molecular flexibility index (Phi) is 4.08. The number of fused-ring (bicyclic) bond motifs is 1. The molecule has 0 aromatic carbocycles. The highest BCUT2D eigenvalue weighted by Crippen LogP contribution is 2.35. The molecule has 0 aliphatic carbocycles. The zero-order valence-corrected chi connectivity index (χ0v) is 13.2. The Morgan fingerprint density at radius 1 is 1.17 bits per heavy atom. The van der Waals surface area contributed by atoms with Crippen LogP contribution in [0.2, 0.25) is 0 Å². The fraction of sp³-hybridized carbons (Fsp3) is 0.412. The molecular weight excluding hydrogens is 306 g/mol. The minimum Gasteiger partial charge on any atom is -0.380 e. The average Bonchev–Trinajstić information content (AvgIpc) is 3.07. The van der Waals surface area contributed by atoms with E-state index in [4.69, 9.17) is 4.74 Å². The Bertz CT molecular complexity index is 697. The maximum Gasteiger partial charge on any atom is 0.230 e. The number of pyridine rings is 1. The molecule has 7 nitrogen and oxygen atoms in total. The second-order valence-corrected chi connectivity index (χ2v) is 6.25. The normalized spacial score (nSPS) is 26.0. The van der Waals surface area contributed by atoms with Crippen LogP contribution >= 0.6 is 0 Å². The summed E-state index contributed by atoms with van der Waals surface area (Å²) in [5.41, 5.74) is 0.714. The maximum absolute atomic E-state index is 12.7. The van der Waals surface area contributed by atoms with Crippen molar-refractivity contribution in [3.05, 3.63) is 43.0 Å². The van der Waals surface area contributed by atoms with Gasteiger partial charge in [-0.3, -0.25) is 9.78 Å². The molecule has 2 aliphatic rings. The van der Waals surface area contributed by atoms with Crippen LogP contribution in [0.3, 0.4) is 0 Å². The SMILES string of the molecule is O=C(Nc1cccnc1)[C@@H]1COC[C@H]2CN(c3ncccn3)C[C@H]21. The van der Waals surface area contributed by atoms with Crippen molar-refractivity contribution in [3.63, 3.8) is 0 Å². The number of rotatable bonds is 3. The van der Waals surface area contributed by atoms with E-state index < -0.39 is 0 Å². The van der Waals surface area contributed by atoms with E-state index in [0.717, 1.165) is 19.0 Å². The zero-order valence-electron chi connectivity index (χ0n) is 13.2. The van der Waals surface area contributed by atoms with Gasteiger partial charge in [0.05, 0.1) is 31.0 Å². The molecule has 2 fully saturated rings. The van der Waals surface area contributed by atoms with Crippen LogP contribution in [-0.2, 0) is 9.53 Å². The second kappa shape index (κ2) is 6.52. The van der Waals surface area contributed by atoms with Crippen LogP contribution < -0.4 is 10.2 Å². The lowest BCUT2D eigenvalue weighted by molar-refractivity contribution is -0.128. The summed E-state index contributed by atoms with van der Waals surface area (Å²) in [5.74, 6) is 1.12. The first-order valence-corrected chi connectivity index (χ1v) is 8.12. The number of amides is 1. The highest BCUT2D eigenvalue weighted by atomic mass is 16.5. The molecule has 2 aromatic heterocycles. The lowest BCUT2D eigenvalue weighted by Gasteiger charge is -2.31. The molecular formula is C17H19N5O2. The number of nitrogens with one attached hydrogen (secondary N) is 1. The first kappa shape index (κ1) is 15.0. The summed E-state index contributed by atoms with van der Waals surface area (Å²) in [6.45, 7) is 2.75. The van der Waals surface area contributed by atoms with Crippen LogP contribution in [0.15, 0.2) is 43.0 Å². The highest BCUT2D eigenvalue weighted by Gasteiger charge is 2.44. The molecule has 124 valence electrons. The molecule has 4 heterocycles. The molecule has 2 aromatic rings. The van der Waals surface area contributed by atoms with Gasteiger partial charge in [-0.25, -0.2) is 9.97 Å². The smallest absolute Gasteiger partial charge is 0.230 e. The van der Waals surface area contributed by atoms with Gasteiger partial charge in [-0.1, -0.05) is 0 Å². The molecule has 24 heavy (non-hydrogen) atoms. The minimum atomic E-state index is -0.169. The summed E-state index contributed by atoms with van der Waals surface area (Å²) in [6, 6.07) is 5.45. The van der Waals surface area contributed by atoms with Crippen molar-refractivity contribution in [2.45, 2.75) is 0 Å². The molecule has 7 heteroatoms. The predicted octanol–water partition coefficient (Wildman–Crippen LogP) is 1.21. The van der Waals surface area contributed by atoms with Crippen LogP contribution in [0.1, 0.15) is 0 Å². The van der Waals surface area contributed by atoms with Gasteiger partial charge in [-0.2, -0.15) is 0 Å². The third-order valence-electron chi connectivity index (χ3n) is 4.74. The molecule has 0 spiro atoms. The predicted molar refractivity (Wildman–Crippen MR) is 88.4 cm³/mol. The van der Waals surface area contributed by atoms with E-state index in [9.17, 15) is 4.79 Å². The van der Waals surface area contributed by atoms with Crippen LogP contribution in [-0.4, -0.2) is 47.2 Å². The van der Waals surface area contributed by atoms with E-state index in [1.807, 2.05) is 6.07 Å². The molecule has 3 atom stereocenters. The summed E-state index contributed by atoms with van der Waals surface area (Å²) in [7, 11) is 0. The number of ether oxygens (including phenoxy) is 1. The Morgan fingerprint density at radius 3 is 2.83 bits per heavy atom. The number of carbonyl (C=O) groups excluding carboxylic acids is 1. The Morgan fingerprint density at radius 2 is 2.04 bits per heavy atom. The number of nitrogens with zero attached hydrogens (tertiary/aromatic N) is 4. The number of carbonyl (C=O) groups is 1. The zero-order chi connectivity index (χ0) is 16.4. The lowest BCUT2D eigenvalue weighted by Crippen LogP contribution is -2.41. The van der Waals surface area contributed by atoms with E-state index in [1.54, 1.807) is 36.9 Å². The molecule has 0 radical (unpaired) electrons. The van der Waals surface area contributed by atoms with Gasteiger partial charge in [0.1, 0.15) is 0 Å². The molecule has 2 aliphatic heterocycles. The van der Waals surface area contributed by atoms with Gasteiger partial charge < -0.3 is 15.0 Å². The molecule has 1 N–H and O–H groups in total. The van der Waals surface area contributed by atoms with E-state index in [-0.39, 0.29) is 17.7 Å². The number of hydrogen-bond acceptors (Lipinski definition) is 6. The summed E-state index contributed by atoms with van der Waals surface area (Å²) >= 11 is 0. The molecule has 2 saturated heterocycles. The fourth-order valence-corrected chi connectivity index (χ4v) is 3.56. The highest BCUT2D eigenvalue weighted by molar-refractivity contribution is 5.92. The molecule has 0 saturated carbocycles. The van der Waals surface area contributed by atoms with Gasteiger partial charge in [0, 0.05) is 37.6 Å². The average molecular weight is 325 g/mol. The fourth-order valence-electron chi connectivity index (χ4n) is 3.56. The van der Waals surface area contributed by atoms with Crippen molar-refractivity contribution in [2.24, 2.45) is 17.8 Å². The van der Waals surface area contributed by atoms with Gasteiger partial charge in [-0.05, 0) is 24.1 Å². The molecule has 4 rings (SSSR count). The van der Waals surface area contributed by atoms with Crippen LogP contribution in [0.4, 0.5) is 11.6 Å². The lowest BCUT2D eigenvalue weighted by atomic mass is 9.82. The maximum atomic E-state index is 12.7. The van der Waals surface area contributed by atoms with Crippen molar-refractivity contribution in [2.75, 3.05) is 36.5 Å². The van der Waals surface area contributed by atoms with Crippen molar-refractivity contribution in [1.82, 2.24) is 15.0 Å². The largest absolute Gasteiger partial charge is 0.380 e. The Labute approximate surface area is 140 Å². The van der Waals surface area contributed by atoms with Gasteiger partial charge in [-0.15, -0.1) is 0 Å². The number of anilines is 2. The first-order valence-electron chi connectivity index (χ1n) is 8.12. The summed E-state index contributed by atoms with van der Waals surface area (Å²) in [5, 5.41) is 2.95. The molecule has 0 bridgehead atoms. The Hall–Kier alpha value is -2.54. The van der Waals surface area contributed by atoms with E-state index in [0.29, 0.717) is 24.8 Å². The summed E-state index contributed by atoms with van der Waals surface area (Å²) in [6.07, 6.45) is 6.82. The third kappa shape index (κ3) is 2.94. The first-order chi connectivity index (χ1) is 11.8. The summed E-state index contributed by atoms with van der Waals surface area (Å²) in [4.78, 5) is 27.5. The van der Waals surface area contributed by atoms with Crippen molar-refractivity contribution in [1.29, 1.82) is 0 Å². The van der Waals surface area contributed by atoms with Crippen molar-refractivity contribution >= 4 is 17.5 Å². The van der Waals surface area contributed by atoms with E-state index in [1.165, 1.54) is 0 Å². The number of hydrogen-bond donors (Lipinski definition) is 1. The minimum absolute atomic E-state index is 0.00599. The standard InChI is InChI=1S/C17H19N5O2/c23-16(21-13-3-1-4-18-7-13)15-11-24-10-12-8-22(9-14(12)15)17-19-5-2-6-20-17/h1-7,12,14-15H,8-11H2,(H,21,23)/t12-,14-,15-/m1/s1. The van der Waals surface area contributed by atoms with Crippen molar-refractivity contribution in [3.8, 4) is 0 Å². The second-order valence-electron chi connectivity index (χ2n) is 6.25. The third-order valence-corrected chi connectivity index (χ3v) is 4.74. The monoisotopic (exact) mass is 325 g/mol. The van der Waals surface area contributed by atoms with Gasteiger partial charge >= 0.3 is 0 Å². The number of aromatic nitrogens is 3. The Balaban J connectivity index is 1.48. The van der Waals surface area contributed by atoms with Gasteiger partial charge in [0.2, 0.25) is 11.9 Å². The van der Waals surface area contributed by atoms with Crippen LogP contribution in [0.5, 0.6) is 0 Å². The molecule has 1 amide bonds. The summed E-state index contributed by atoms with van der Waals surface area (Å²) < 4.78 is 5.70. The molecule has 0 unspecified atom stereocenters. The van der Waals surface area contributed by atoms with E-state index in [2.05, 4.69) is 25.2 Å². The van der Waals surface area contributed by atoms with Gasteiger partial charge in [0.15, 0.2) is 0 Å². The van der Waals surface area contributed by atoms with Crippen LogP contribution in [0.25, 0.3) is 0 Å². The van der Waals surface area contributed by atoms with E-state index >= 15 is 0 Å². The van der Waals surface area contributed by atoms with Gasteiger partial charge in [0.25, 0.3) is 0 Å². The van der Waals surface area contributed by atoms with Crippen LogP contribution in [0, 0.1) is 17.8 Å². The van der Waals surface area contributed by atoms with Crippen molar-refractivity contribution < 1.29 is 9.53 Å².